The van der Waals surface area contributed by atoms with Crippen molar-refractivity contribution in [1.82, 2.24) is 10.2 Å². The summed E-state index contributed by atoms with van der Waals surface area (Å²) in [6, 6.07) is 10.1. The molecule has 0 radical (unpaired) electrons. The van der Waals surface area contributed by atoms with Gasteiger partial charge in [-0.2, -0.15) is 0 Å². The molecule has 1 atom stereocenters. The standard InChI is InChI=1S/C16H27N3O/c1-5-11-18-16(15(17)20,12-19(4)13(2)3)14-9-7-6-8-10-14/h6-10,13,18H,5,11-12H2,1-4H3,(H2,17,20). The van der Waals surface area contributed by atoms with Crippen LogP contribution in [0, 0.1) is 0 Å². The molecule has 0 aromatic heterocycles. The maximum Gasteiger partial charge on any atom is 0.243 e. The molecule has 0 heterocycles. The van der Waals surface area contributed by atoms with Crippen LogP contribution in [0.5, 0.6) is 0 Å². The van der Waals surface area contributed by atoms with Crippen LogP contribution < -0.4 is 11.1 Å². The molecule has 4 heteroatoms. The molecule has 1 amide bonds. The molecule has 1 aromatic rings. The van der Waals surface area contributed by atoms with E-state index in [1.165, 1.54) is 0 Å². The summed E-state index contributed by atoms with van der Waals surface area (Å²) < 4.78 is 0. The van der Waals surface area contributed by atoms with E-state index < -0.39 is 5.54 Å². The Balaban J connectivity index is 3.17. The third-order valence-corrected chi connectivity index (χ3v) is 3.73. The van der Waals surface area contributed by atoms with Gasteiger partial charge in [0, 0.05) is 12.6 Å². The number of carbonyl (C=O) groups is 1. The van der Waals surface area contributed by atoms with Gasteiger partial charge < -0.3 is 10.6 Å². The van der Waals surface area contributed by atoms with Crippen molar-refractivity contribution in [2.45, 2.75) is 38.8 Å². The van der Waals surface area contributed by atoms with Gasteiger partial charge in [-0.25, -0.2) is 0 Å². The highest BCUT2D eigenvalue weighted by molar-refractivity contribution is 5.86. The highest BCUT2D eigenvalue weighted by Gasteiger charge is 2.39. The number of likely N-dealkylation sites (N-methyl/N-ethyl adjacent to an activating group) is 1. The molecule has 1 rings (SSSR count). The van der Waals surface area contributed by atoms with E-state index in [1.807, 2.05) is 37.4 Å². The summed E-state index contributed by atoms with van der Waals surface area (Å²) >= 11 is 0. The first-order chi connectivity index (χ1) is 9.44. The molecule has 1 unspecified atom stereocenters. The number of hydrogen-bond donors (Lipinski definition) is 2. The predicted molar refractivity (Wildman–Crippen MR) is 83.4 cm³/mol. The maximum atomic E-state index is 12.2. The third kappa shape index (κ3) is 3.81. The van der Waals surface area contributed by atoms with Crippen molar-refractivity contribution in [1.29, 1.82) is 0 Å². The number of carbonyl (C=O) groups excluding carboxylic acids is 1. The van der Waals surface area contributed by atoms with Gasteiger partial charge in [0.1, 0.15) is 5.54 Å². The lowest BCUT2D eigenvalue weighted by Crippen LogP contribution is -2.59. The van der Waals surface area contributed by atoms with Crippen LogP contribution in [0.15, 0.2) is 30.3 Å². The number of nitrogens with one attached hydrogen (secondary N) is 1. The third-order valence-electron chi connectivity index (χ3n) is 3.73. The minimum Gasteiger partial charge on any atom is -0.368 e. The Bertz CT molecular complexity index is 419. The first-order valence-electron chi connectivity index (χ1n) is 7.24. The lowest BCUT2D eigenvalue weighted by Gasteiger charge is -2.37. The minimum absolute atomic E-state index is 0.329. The second-order valence-electron chi connectivity index (χ2n) is 5.57. The van der Waals surface area contributed by atoms with Gasteiger partial charge in [-0.1, -0.05) is 37.3 Å². The molecule has 0 aliphatic heterocycles. The second kappa shape index (κ2) is 7.41. The average molecular weight is 277 g/mol. The van der Waals surface area contributed by atoms with E-state index in [4.69, 9.17) is 5.73 Å². The fraction of sp³-hybridized carbons (Fsp3) is 0.562. The van der Waals surface area contributed by atoms with Crippen LogP contribution in [0.2, 0.25) is 0 Å². The highest BCUT2D eigenvalue weighted by Crippen LogP contribution is 2.23. The van der Waals surface area contributed by atoms with Crippen LogP contribution in [0.25, 0.3) is 0 Å². The van der Waals surface area contributed by atoms with Crippen LogP contribution >= 0.6 is 0 Å². The molecule has 0 aliphatic carbocycles. The first kappa shape index (κ1) is 16.7. The van der Waals surface area contributed by atoms with Gasteiger partial charge in [0.25, 0.3) is 0 Å². The molecular weight excluding hydrogens is 250 g/mol. The molecule has 0 aliphatic rings. The molecule has 0 bridgehead atoms. The molecule has 1 aromatic carbocycles. The summed E-state index contributed by atoms with van der Waals surface area (Å²) in [5, 5.41) is 3.37. The zero-order chi connectivity index (χ0) is 15.2. The lowest BCUT2D eigenvalue weighted by molar-refractivity contribution is -0.125. The van der Waals surface area contributed by atoms with Gasteiger partial charge in [0.15, 0.2) is 0 Å². The van der Waals surface area contributed by atoms with Crippen molar-refractivity contribution in [3.05, 3.63) is 35.9 Å². The van der Waals surface area contributed by atoms with Gasteiger partial charge in [-0.3, -0.25) is 10.1 Å². The molecule has 112 valence electrons. The fourth-order valence-corrected chi connectivity index (χ4v) is 2.17. The van der Waals surface area contributed by atoms with E-state index in [9.17, 15) is 4.79 Å². The maximum absolute atomic E-state index is 12.2. The van der Waals surface area contributed by atoms with Crippen molar-refractivity contribution in [2.75, 3.05) is 20.1 Å². The van der Waals surface area contributed by atoms with E-state index in [2.05, 4.69) is 31.0 Å². The highest BCUT2D eigenvalue weighted by atomic mass is 16.1. The van der Waals surface area contributed by atoms with Gasteiger partial charge in [0.2, 0.25) is 5.91 Å². The molecular formula is C16H27N3O. The van der Waals surface area contributed by atoms with Crippen molar-refractivity contribution in [2.24, 2.45) is 5.73 Å². The summed E-state index contributed by atoms with van der Waals surface area (Å²) in [6.07, 6.45) is 0.952. The fourth-order valence-electron chi connectivity index (χ4n) is 2.17. The molecule has 0 fully saturated rings. The number of rotatable bonds is 8. The monoisotopic (exact) mass is 277 g/mol. The molecule has 20 heavy (non-hydrogen) atoms. The van der Waals surface area contributed by atoms with E-state index in [0.717, 1.165) is 18.5 Å². The zero-order valence-corrected chi connectivity index (χ0v) is 13.0. The summed E-state index contributed by atoms with van der Waals surface area (Å²) in [6.45, 7) is 7.61. The Morgan fingerprint density at radius 3 is 2.40 bits per heavy atom. The number of amides is 1. The van der Waals surface area contributed by atoms with Gasteiger partial charge in [-0.15, -0.1) is 0 Å². The van der Waals surface area contributed by atoms with E-state index in [-0.39, 0.29) is 5.91 Å². The summed E-state index contributed by atoms with van der Waals surface area (Å²) in [7, 11) is 2.01. The van der Waals surface area contributed by atoms with Crippen LogP contribution in [0.4, 0.5) is 0 Å². The van der Waals surface area contributed by atoms with E-state index in [1.54, 1.807) is 0 Å². The zero-order valence-electron chi connectivity index (χ0n) is 13.0. The number of nitrogens with two attached hydrogens (primary N) is 1. The normalized spacial score (nSPS) is 14.5. The number of primary amides is 1. The van der Waals surface area contributed by atoms with Crippen LogP contribution in [0.3, 0.4) is 0 Å². The Kier molecular flexibility index (Phi) is 6.17. The van der Waals surface area contributed by atoms with Crippen LogP contribution in [-0.2, 0) is 10.3 Å². The number of hydrogen-bond acceptors (Lipinski definition) is 3. The Hall–Kier alpha value is -1.39. The topological polar surface area (TPSA) is 58.4 Å². The summed E-state index contributed by atoms with van der Waals surface area (Å²) in [4.78, 5) is 14.4. The van der Waals surface area contributed by atoms with Gasteiger partial charge in [0.05, 0.1) is 0 Å². The lowest BCUT2D eigenvalue weighted by atomic mass is 9.87. The van der Waals surface area contributed by atoms with Gasteiger partial charge >= 0.3 is 0 Å². The molecule has 0 saturated carbocycles. The minimum atomic E-state index is -0.837. The van der Waals surface area contributed by atoms with Gasteiger partial charge in [-0.05, 0) is 39.4 Å². The Labute approximate surface area is 122 Å². The second-order valence-corrected chi connectivity index (χ2v) is 5.57. The largest absolute Gasteiger partial charge is 0.368 e. The summed E-state index contributed by atoms with van der Waals surface area (Å²) in [5.74, 6) is -0.329. The molecule has 4 nitrogen and oxygen atoms in total. The van der Waals surface area contributed by atoms with Crippen molar-refractivity contribution >= 4 is 5.91 Å². The predicted octanol–water partition coefficient (Wildman–Crippen LogP) is 1.71. The molecule has 0 spiro atoms. The Morgan fingerprint density at radius 1 is 1.35 bits per heavy atom. The van der Waals surface area contributed by atoms with Crippen molar-refractivity contribution in [3.63, 3.8) is 0 Å². The SMILES string of the molecule is CCCNC(CN(C)C(C)C)(C(N)=O)c1ccccc1. The molecule has 3 N–H and O–H groups in total. The Morgan fingerprint density at radius 2 is 1.95 bits per heavy atom. The smallest absolute Gasteiger partial charge is 0.243 e. The number of benzene rings is 1. The van der Waals surface area contributed by atoms with Crippen molar-refractivity contribution < 1.29 is 4.79 Å². The van der Waals surface area contributed by atoms with Crippen LogP contribution in [0.1, 0.15) is 32.8 Å². The molecule has 0 saturated heterocycles. The average Bonchev–Trinajstić information content (AvgIpc) is 2.43. The van der Waals surface area contributed by atoms with Crippen molar-refractivity contribution in [3.8, 4) is 0 Å². The summed E-state index contributed by atoms with van der Waals surface area (Å²) in [5.41, 5.74) is 5.85. The first-order valence-corrected chi connectivity index (χ1v) is 7.24. The van der Waals surface area contributed by atoms with E-state index in [0.29, 0.717) is 12.6 Å². The van der Waals surface area contributed by atoms with Crippen LogP contribution in [-0.4, -0.2) is 37.0 Å². The number of nitrogens with zero attached hydrogens (tertiary/aromatic N) is 1. The quantitative estimate of drug-likeness (QED) is 0.760. The van der Waals surface area contributed by atoms with E-state index >= 15 is 0 Å².